The van der Waals surface area contributed by atoms with Crippen molar-refractivity contribution >= 4 is 18.0 Å². The first kappa shape index (κ1) is 17.2. The number of nitrogens with one attached hydrogen (secondary N) is 2. The number of carboxylic acids is 2. The van der Waals surface area contributed by atoms with Gasteiger partial charge in [0, 0.05) is 19.5 Å². The van der Waals surface area contributed by atoms with Gasteiger partial charge in [0.25, 0.3) is 0 Å². The average Bonchev–Trinajstić information content (AvgIpc) is 2.40. The Morgan fingerprint density at radius 1 is 1.33 bits per heavy atom. The fourth-order valence-electron chi connectivity index (χ4n) is 2.41. The monoisotopic (exact) mass is 301 g/mol. The Morgan fingerprint density at radius 2 is 2.05 bits per heavy atom. The quantitative estimate of drug-likeness (QED) is 0.523. The summed E-state index contributed by atoms with van der Waals surface area (Å²) in [5.41, 5.74) is 0. The molecule has 120 valence electrons. The Morgan fingerprint density at radius 3 is 2.62 bits per heavy atom. The number of amides is 2. The first-order chi connectivity index (χ1) is 9.88. The van der Waals surface area contributed by atoms with E-state index in [0.717, 1.165) is 25.9 Å². The maximum Gasteiger partial charge on any atom is 0.326 e. The molecule has 1 aliphatic heterocycles. The summed E-state index contributed by atoms with van der Waals surface area (Å²) < 4.78 is 0. The zero-order chi connectivity index (χ0) is 15.8. The molecule has 0 spiro atoms. The molecule has 0 aromatic carbocycles. The Bertz CT molecular complexity index is 388. The highest BCUT2D eigenvalue weighted by molar-refractivity contribution is 5.82. The zero-order valence-electron chi connectivity index (χ0n) is 12.2. The number of carbonyl (C=O) groups is 3. The molecule has 2 atom stereocenters. The second-order valence-electron chi connectivity index (χ2n) is 5.45. The van der Waals surface area contributed by atoms with Gasteiger partial charge in [-0.2, -0.15) is 0 Å². The highest BCUT2D eigenvalue weighted by atomic mass is 16.4. The number of urea groups is 1. The van der Waals surface area contributed by atoms with E-state index in [9.17, 15) is 14.4 Å². The van der Waals surface area contributed by atoms with Gasteiger partial charge in [0.2, 0.25) is 0 Å². The van der Waals surface area contributed by atoms with E-state index in [1.165, 1.54) is 0 Å². The third kappa shape index (κ3) is 6.94. The number of likely N-dealkylation sites (tertiary alicyclic amines) is 1. The number of nitrogens with zero attached hydrogens (tertiary/aromatic N) is 1. The molecule has 0 bridgehead atoms. The van der Waals surface area contributed by atoms with Crippen LogP contribution in [0.5, 0.6) is 0 Å². The van der Waals surface area contributed by atoms with Gasteiger partial charge in [-0.3, -0.25) is 4.79 Å². The molecule has 8 nitrogen and oxygen atoms in total. The predicted octanol–water partition coefficient (Wildman–Crippen LogP) is -0.0546. The fourth-order valence-corrected chi connectivity index (χ4v) is 2.41. The van der Waals surface area contributed by atoms with E-state index in [0.29, 0.717) is 12.5 Å². The van der Waals surface area contributed by atoms with Crippen LogP contribution in [0.2, 0.25) is 0 Å². The summed E-state index contributed by atoms with van der Waals surface area (Å²) in [5, 5.41) is 22.4. The number of hydrogen-bond donors (Lipinski definition) is 4. The van der Waals surface area contributed by atoms with Gasteiger partial charge in [-0.05, 0) is 38.8 Å². The van der Waals surface area contributed by atoms with E-state index >= 15 is 0 Å². The summed E-state index contributed by atoms with van der Waals surface area (Å²) in [6.45, 7) is 2.45. The van der Waals surface area contributed by atoms with Crippen molar-refractivity contribution in [2.24, 2.45) is 5.92 Å². The first-order valence-electron chi connectivity index (χ1n) is 7.06. The number of rotatable bonds is 7. The van der Waals surface area contributed by atoms with Gasteiger partial charge >= 0.3 is 18.0 Å². The van der Waals surface area contributed by atoms with Crippen molar-refractivity contribution in [3.63, 3.8) is 0 Å². The highest BCUT2D eigenvalue weighted by Crippen LogP contribution is 2.13. The lowest BCUT2D eigenvalue weighted by Crippen LogP contribution is -2.48. The molecule has 4 N–H and O–H groups in total. The van der Waals surface area contributed by atoms with Crippen molar-refractivity contribution in [3.8, 4) is 0 Å². The maximum atomic E-state index is 11.7. The molecule has 21 heavy (non-hydrogen) atoms. The molecule has 0 radical (unpaired) electrons. The number of piperidine rings is 1. The molecule has 1 fully saturated rings. The number of hydrogen-bond acceptors (Lipinski definition) is 4. The minimum Gasteiger partial charge on any atom is -0.481 e. The van der Waals surface area contributed by atoms with Gasteiger partial charge < -0.3 is 25.7 Å². The smallest absolute Gasteiger partial charge is 0.326 e. The van der Waals surface area contributed by atoms with E-state index in [2.05, 4.69) is 15.5 Å². The van der Waals surface area contributed by atoms with E-state index in [1.54, 1.807) is 0 Å². The van der Waals surface area contributed by atoms with E-state index in [-0.39, 0.29) is 12.8 Å². The van der Waals surface area contributed by atoms with Crippen molar-refractivity contribution in [3.05, 3.63) is 0 Å². The molecule has 0 aromatic rings. The van der Waals surface area contributed by atoms with Crippen LogP contribution in [0, 0.1) is 5.92 Å². The second-order valence-corrected chi connectivity index (χ2v) is 5.45. The molecular weight excluding hydrogens is 278 g/mol. The summed E-state index contributed by atoms with van der Waals surface area (Å²) in [6.07, 6.45) is 1.68. The van der Waals surface area contributed by atoms with Crippen LogP contribution in [-0.2, 0) is 9.59 Å². The fraction of sp³-hybridized carbons (Fsp3) is 0.769. The van der Waals surface area contributed by atoms with Gasteiger partial charge in [-0.15, -0.1) is 0 Å². The van der Waals surface area contributed by atoms with Gasteiger partial charge in [-0.25, -0.2) is 9.59 Å². The molecule has 1 rings (SSSR count). The lowest BCUT2D eigenvalue weighted by atomic mass is 9.99. The van der Waals surface area contributed by atoms with E-state index < -0.39 is 24.0 Å². The standard InChI is InChI=1S/C13H23N3O5/c1-16-6-2-3-9(8-16)7-14-13(21)15-10(12(19)20)4-5-11(17)18/h9-10H,2-8H2,1H3,(H,17,18)(H,19,20)(H2,14,15,21). The Labute approximate surface area is 123 Å². The van der Waals surface area contributed by atoms with Gasteiger partial charge in [0.15, 0.2) is 0 Å². The van der Waals surface area contributed by atoms with Crippen molar-refractivity contribution in [2.45, 2.75) is 31.7 Å². The normalized spacial score (nSPS) is 20.5. The summed E-state index contributed by atoms with van der Waals surface area (Å²) in [5.74, 6) is -1.96. The van der Waals surface area contributed by atoms with Crippen LogP contribution < -0.4 is 10.6 Å². The molecular formula is C13H23N3O5. The summed E-state index contributed by atoms with van der Waals surface area (Å²) >= 11 is 0. The molecule has 1 aliphatic rings. The van der Waals surface area contributed by atoms with Crippen LogP contribution in [0.1, 0.15) is 25.7 Å². The van der Waals surface area contributed by atoms with Gasteiger partial charge in [0.1, 0.15) is 6.04 Å². The Balaban J connectivity index is 2.32. The molecule has 0 aromatic heterocycles. The predicted molar refractivity (Wildman–Crippen MR) is 75.0 cm³/mol. The Hall–Kier alpha value is -1.83. The maximum absolute atomic E-state index is 11.7. The third-order valence-electron chi connectivity index (χ3n) is 3.52. The van der Waals surface area contributed by atoms with E-state index in [1.807, 2.05) is 7.05 Å². The molecule has 1 saturated heterocycles. The van der Waals surface area contributed by atoms with E-state index in [4.69, 9.17) is 10.2 Å². The van der Waals surface area contributed by atoms with Gasteiger partial charge in [0.05, 0.1) is 0 Å². The minimum absolute atomic E-state index is 0.135. The largest absolute Gasteiger partial charge is 0.481 e. The molecule has 2 unspecified atom stereocenters. The first-order valence-corrected chi connectivity index (χ1v) is 7.06. The van der Waals surface area contributed by atoms with Crippen molar-refractivity contribution < 1.29 is 24.6 Å². The summed E-state index contributed by atoms with van der Waals surface area (Å²) in [7, 11) is 2.03. The van der Waals surface area contributed by atoms with Crippen LogP contribution in [0.25, 0.3) is 0 Å². The lowest BCUT2D eigenvalue weighted by molar-refractivity contribution is -0.140. The summed E-state index contributed by atoms with van der Waals surface area (Å²) in [4.78, 5) is 35.3. The molecule has 2 amide bonds. The van der Waals surface area contributed by atoms with Crippen LogP contribution >= 0.6 is 0 Å². The van der Waals surface area contributed by atoms with Crippen LogP contribution in [0.15, 0.2) is 0 Å². The Kier molecular flexibility index (Phi) is 6.93. The average molecular weight is 301 g/mol. The number of carbonyl (C=O) groups excluding carboxylic acids is 1. The van der Waals surface area contributed by atoms with Crippen LogP contribution in [-0.4, -0.2) is 65.8 Å². The highest BCUT2D eigenvalue weighted by Gasteiger charge is 2.22. The van der Waals surface area contributed by atoms with Crippen LogP contribution in [0.4, 0.5) is 4.79 Å². The third-order valence-corrected chi connectivity index (χ3v) is 3.52. The number of aliphatic carboxylic acids is 2. The zero-order valence-corrected chi connectivity index (χ0v) is 12.2. The van der Waals surface area contributed by atoms with Crippen molar-refractivity contribution in [1.82, 2.24) is 15.5 Å². The molecule has 8 heteroatoms. The van der Waals surface area contributed by atoms with Crippen molar-refractivity contribution in [2.75, 3.05) is 26.7 Å². The second kappa shape index (κ2) is 8.46. The van der Waals surface area contributed by atoms with Gasteiger partial charge in [-0.1, -0.05) is 0 Å². The molecule has 0 saturated carbocycles. The molecule has 1 heterocycles. The van der Waals surface area contributed by atoms with Crippen molar-refractivity contribution in [1.29, 1.82) is 0 Å². The summed E-state index contributed by atoms with van der Waals surface area (Å²) in [6, 6.07) is -1.75. The number of carboxylic acid groups (broad SMARTS) is 2. The van der Waals surface area contributed by atoms with Crippen LogP contribution in [0.3, 0.4) is 0 Å². The minimum atomic E-state index is -1.23. The SMILES string of the molecule is CN1CCCC(CNC(=O)NC(CCC(=O)O)C(=O)O)C1. The lowest BCUT2D eigenvalue weighted by Gasteiger charge is -2.29. The topological polar surface area (TPSA) is 119 Å². The molecule has 0 aliphatic carbocycles.